The van der Waals surface area contributed by atoms with Crippen LogP contribution in [0.4, 0.5) is 4.39 Å². The fourth-order valence-electron chi connectivity index (χ4n) is 9.03. The third-order valence-corrected chi connectivity index (χ3v) is 22.3. The summed E-state index contributed by atoms with van der Waals surface area (Å²) >= 11 is 0. The van der Waals surface area contributed by atoms with E-state index in [9.17, 15) is 4.39 Å². The summed E-state index contributed by atoms with van der Waals surface area (Å²) in [6.45, 7) is 28.3. The van der Waals surface area contributed by atoms with E-state index in [0.29, 0.717) is 24.2 Å². The number of rotatable bonds is 13. The maximum absolute atomic E-state index is 14.9. The van der Waals surface area contributed by atoms with Gasteiger partial charge < -0.3 is 8.85 Å². The number of hydrogen-bond donors (Lipinski definition) is 0. The van der Waals surface area contributed by atoms with Crippen molar-refractivity contribution in [3.63, 3.8) is 0 Å². The van der Waals surface area contributed by atoms with Gasteiger partial charge in [0, 0.05) is 12.8 Å². The molecule has 0 bridgehead atoms. The van der Waals surface area contributed by atoms with Crippen molar-refractivity contribution in [1.82, 2.24) is 0 Å². The van der Waals surface area contributed by atoms with Crippen LogP contribution in [0.15, 0.2) is 23.3 Å². The lowest BCUT2D eigenvalue weighted by atomic mass is 9.60. The van der Waals surface area contributed by atoms with Gasteiger partial charge in [-0.25, -0.2) is 4.39 Å². The Morgan fingerprint density at radius 1 is 1.00 bits per heavy atom. The van der Waals surface area contributed by atoms with Crippen LogP contribution in [0.5, 0.6) is 0 Å². The van der Waals surface area contributed by atoms with Gasteiger partial charge in [-0.15, -0.1) is 0 Å². The van der Waals surface area contributed by atoms with E-state index in [2.05, 4.69) is 94.5 Å². The van der Waals surface area contributed by atoms with Gasteiger partial charge in [0.05, 0.1) is 11.7 Å². The first-order valence-electron chi connectivity index (χ1n) is 18.3. The zero-order chi connectivity index (χ0) is 32.3. The zero-order valence-electron chi connectivity index (χ0n) is 30.6. The maximum atomic E-state index is 14.9. The molecule has 250 valence electrons. The Hall–Kier alpha value is -0.236. The van der Waals surface area contributed by atoms with Gasteiger partial charge >= 0.3 is 0 Å². The molecule has 0 saturated heterocycles. The molecule has 2 nitrogen and oxygen atoms in total. The molecule has 3 rings (SSSR count). The Kier molecular flexibility index (Phi) is 12.7. The van der Waals surface area contributed by atoms with Crippen LogP contribution >= 0.6 is 0 Å². The molecule has 0 heterocycles. The van der Waals surface area contributed by atoms with Crippen LogP contribution in [-0.2, 0) is 8.85 Å². The van der Waals surface area contributed by atoms with E-state index in [1.54, 1.807) is 5.57 Å². The van der Waals surface area contributed by atoms with Gasteiger partial charge in [-0.05, 0) is 118 Å². The minimum Gasteiger partial charge on any atom is -0.414 e. The van der Waals surface area contributed by atoms with E-state index in [-0.39, 0.29) is 16.7 Å². The Balaban J connectivity index is 1.63. The fourth-order valence-corrected chi connectivity index (χ4v) is 13.6. The SMILES string of the molecule is CC[Si](CC)(CC)OC(C)(C)CCC[C@@H](C)[C@H]1CC[C@H]2/C(=C/C=C3/CC(O[Si](C)(C)C(C)(C)C)C[C@H](F)C3)CCC[C@]12C. The third kappa shape index (κ3) is 9.19. The van der Waals surface area contributed by atoms with Crippen molar-refractivity contribution in [2.75, 3.05) is 0 Å². The Bertz CT molecular complexity index is 951. The van der Waals surface area contributed by atoms with E-state index in [4.69, 9.17) is 8.85 Å². The van der Waals surface area contributed by atoms with Gasteiger partial charge in [0.2, 0.25) is 0 Å². The minimum atomic E-state index is -1.90. The minimum absolute atomic E-state index is 0.00317. The topological polar surface area (TPSA) is 18.5 Å². The molecule has 43 heavy (non-hydrogen) atoms. The summed E-state index contributed by atoms with van der Waals surface area (Å²) < 4.78 is 28.5. The van der Waals surface area contributed by atoms with Gasteiger partial charge in [-0.2, -0.15) is 0 Å². The lowest BCUT2D eigenvalue weighted by Crippen LogP contribution is -2.45. The molecule has 3 aliphatic rings. The molecular weight excluding hydrogens is 564 g/mol. The lowest BCUT2D eigenvalue weighted by molar-refractivity contribution is 0.0704. The second-order valence-electron chi connectivity index (χ2n) is 17.4. The monoisotopic (exact) mass is 634 g/mol. The van der Waals surface area contributed by atoms with Crippen molar-refractivity contribution in [3.05, 3.63) is 23.3 Å². The molecule has 3 fully saturated rings. The number of hydrogen-bond acceptors (Lipinski definition) is 2. The van der Waals surface area contributed by atoms with Crippen molar-refractivity contribution >= 4 is 16.6 Å². The summed E-state index contributed by atoms with van der Waals surface area (Å²) in [4.78, 5) is 0. The summed E-state index contributed by atoms with van der Waals surface area (Å²) in [5.74, 6) is 2.26. The molecule has 0 amide bonds. The van der Waals surface area contributed by atoms with Crippen molar-refractivity contribution in [1.29, 1.82) is 0 Å². The molecule has 3 aliphatic carbocycles. The van der Waals surface area contributed by atoms with E-state index >= 15 is 0 Å². The van der Waals surface area contributed by atoms with Crippen molar-refractivity contribution in [2.24, 2.45) is 23.2 Å². The molecule has 6 atom stereocenters. The number of allylic oxidation sites excluding steroid dienone is 3. The maximum Gasteiger partial charge on any atom is 0.192 e. The van der Waals surface area contributed by atoms with Crippen molar-refractivity contribution < 1.29 is 13.2 Å². The Morgan fingerprint density at radius 2 is 1.65 bits per heavy atom. The molecular formula is C38H71FO2Si2. The van der Waals surface area contributed by atoms with Gasteiger partial charge in [-0.1, -0.05) is 91.5 Å². The Morgan fingerprint density at radius 3 is 2.26 bits per heavy atom. The second-order valence-corrected chi connectivity index (χ2v) is 26.8. The normalized spacial score (nSPS) is 31.9. The van der Waals surface area contributed by atoms with E-state index in [1.165, 1.54) is 75.1 Å². The molecule has 0 aromatic carbocycles. The molecule has 0 radical (unpaired) electrons. The molecule has 0 aliphatic heterocycles. The average molecular weight is 635 g/mol. The fraction of sp³-hybridized carbons (Fsp3) is 0.895. The lowest BCUT2D eigenvalue weighted by Gasteiger charge is -2.44. The zero-order valence-corrected chi connectivity index (χ0v) is 32.6. The van der Waals surface area contributed by atoms with Gasteiger partial charge in [0.1, 0.15) is 6.17 Å². The van der Waals surface area contributed by atoms with Crippen molar-refractivity contribution in [3.8, 4) is 0 Å². The highest BCUT2D eigenvalue weighted by atomic mass is 28.4. The molecule has 0 aromatic heterocycles. The largest absolute Gasteiger partial charge is 0.414 e. The first kappa shape index (κ1) is 37.2. The summed E-state index contributed by atoms with van der Waals surface area (Å²) in [7, 11) is -3.49. The molecule has 0 N–H and O–H groups in total. The van der Waals surface area contributed by atoms with Crippen molar-refractivity contribution in [2.45, 2.75) is 194 Å². The van der Waals surface area contributed by atoms with Crippen LogP contribution < -0.4 is 0 Å². The number of alkyl halides is 1. The highest BCUT2D eigenvalue weighted by Crippen LogP contribution is 2.60. The van der Waals surface area contributed by atoms with E-state index in [1.807, 2.05) is 0 Å². The molecule has 1 unspecified atom stereocenters. The summed E-state index contributed by atoms with van der Waals surface area (Å²) in [5, 5.41) is 0.154. The van der Waals surface area contributed by atoms with E-state index < -0.39 is 22.8 Å². The molecule has 5 heteroatoms. The van der Waals surface area contributed by atoms with Crippen LogP contribution in [0, 0.1) is 23.2 Å². The van der Waals surface area contributed by atoms with Crippen LogP contribution in [-0.4, -0.2) is 34.5 Å². The summed E-state index contributed by atoms with van der Waals surface area (Å²) in [6.07, 6.45) is 16.4. The predicted octanol–water partition coefficient (Wildman–Crippen LogP) is 12.6. The summed E-state index contributed by atoms with van der Waals surface area (Å²) in [5.41, 5.74) is 3.31. The third-order valence-electron chi connectivity index (χ3n) is 12.9. The molecule has 3 saturated carbocycles. The number of halogens is 1. The van der Waals surface area contributed by atoms with Crippen LogP contribution in [0.2, 0.25) is 36.3 Å². The smallest absolute Gasteiger partial charge is 0.192 e. The summed E-state index contributed by atoms with van der Waals surface area (Å²) in [6, 6.07) is 3.69. The van der Waals surface area contributed by atoms with Gasteiger partial charge in [-0.3, -0.25) is 0 Å². The Labute approximate surface area is 269 Å². The highest BCUT2D eigenvalue weighted by Gasteiger charge is 2.50. The first-order valence-corrected chi connectivity index (χ1v) is 23.7. The van der Waals surface area contributed by atoms with Gasteiger partial charge in [0.25, 0.3) is 0 Å². The van der Waals surface area contributed by atoms with Crippen LogP contribution in [0.1, 0.15) is 140 Å². The standard InChI is InChI=1S/C38H71FO2Si2/c1-13-43(14-2,15-3)41-37(8,9)24-16-18-29(4)34-22-23-35-31(19-17-25-38(34,35)10)21-20-30-26-32(39)28-33(27-30)40-42(11,12)36(5,6)7/h20-21,29,32-35H,13-19,22-28H2,1-12H3/b30-20+,31-21+/t29-,32-,33?,34-,35+,38-/m1/s1. The van der Waals surface area contributed by atoms with Gasteiger partial charge in [0.15, 0.2) is 16.6 Å². The number of fused-ring (bicyclic) bond motifs is 1. The van der Waals surface area contributed by atoms with Crippen LogP contribution in [0.25, 0.3) is 0 Å². The van der Waals surface area contributed by atoms with Crippen LogP contribution in [0.3, 0.4) is 0 Å². The quantitative estimate of drug-likeness (QED) is 0.188. The average Bonchev–Trinajstić information content (AvgIpc) is 3.27. The second kappa shape index (κ2) is 14.7. The highest BCUT2D eigenvalue weighted by molar-refractivity contribution is 6.74. The van der Waals surface area contributed by atoms with E-state index in [0.717, 1.165) is 18.3 Å². The first-order chi connectivity index (χ1) is 19.9. The molecule has 0 spiro atoms. The predicted molar refractivity (Wildman–Crippen MR) is 191 cm³/mol. The molecule has 0 aromatic rings.